The Morgan fingerprint density at radius 2 is 2.13 bits per heavy atom. The van der Waals surface area contributed by atoms with Crippen molar-refractivity contribution in [3.05, 3.63) is 89.1 Å². The number of hydrogen-bond donors (Lipinski definition) is 1. The lowest BCUT2D eigenvalue weighted by atomic mass is 10.3. The Kier molecular flexibility index (Phi) is 5.15. The van der Waals surface area contributed by atoms with Crippen LogP contribution in [0.1, 0.15) is 11.4 Å². The molecule has 0 saturated carbocycles. The van der Waals surface area contributed by atoms with Crippen LogP contribution in [0, 0.1) is 0 Å². The van der Waals surface area contributed by atoms with Gasteiger partial charge in [-0.2, -0.15) is 0 Å². The van der Waals surface area contributed by atoms with Gasteiger partial charge in [0.05, 0.1) is 11.4 Å². The second-order valence-electron chi connectivity index (χ2n) is 6.68. The molecule has 154 valence electrons. The van der Waals surface area contributed by atoms with Crippen LogP contribution in [0.3, 0.4) is 0 Å². The summed E-state index contributed by atoms with van der Waals surface area (Å²) in [6.07, 6.45) is 8.81. The third kappa shape index (κ3) is 4.16. The minimum atomic E-state index is -0.279. The summed E-state index contributed by atoms with van der Waals surface area (Å²) in [6.45, 7) is 0.329. The summed E-state index contributed by atoms with van der Waals surface area (Å²) < 4.78 is 9.63. The van der Waals surface area contributed by atoms with Gasteiger partial charge in [0.25, 0.3) is 0 Å². The molecule has 0 aliphatic rings. The van der Waals surface area contributed by atoms with Crippen molar-refractivity contribution >= 4 is 51.2 Å². The molecule has 4 aromatic heterocycles. The smallest absolute Gasteiger partial charge is 0.248 e. The van der Waals surface area contributed by atoms with E-state index in [1.165, 1.54) is 17.4 Å². The Bertz CT molecular complexity index is 1380. The maximum atomic E-state index is 12.4. The number of benzene rings is 1. The lowest BCUT2D eigenvalue weighted by Gasteiger charge is -2.07. The fourth-order valence-corrected chi connectivity index (χ4v) is 4.15. The highest BCUT2D eigenvalue weighted by molar-refractivity contribution is 7.15. The van der Waals surface area contributed by atoms with E-state index in [1.54, 1.807) is 18.2 Å². The molecule has 0 aliphatic carbocycles. The highest BCUT2D eigenvalue weighted by atomic mass is 35.5. The van der Waals surface area contributed by atoms with Crippen LogP contribution in [0.4, 0.5) is 5.69 Å². The fraction of sp³-hybridized carbons (Fsp3) is 0.0455. The van der Waals surface area contributed by atoms with Crippen molar-refractivity contribution in [3.8, 4) is 5.75 Å². The number of nitrogens with one attached hydrogen (secondary N) is 1. The number of hydrogen-bond acceptors (Lipinski definition) is 5. The number of imidazole rings is 2. The Morgan fingerprint density at radius 3 is 3.03 bits per heavy atom. The van der Waals surface area contributed by atoms with Crippen LogP contribution in [-0.4, -0.2) is 24.7 Å². The maximum Gasteiger partial charge on any atom is 0.248 e. The van der Waals surface area contributed by atoms with Gasteiger partial charge in [-0.1, -0.05) is 23.7 Å². The number of anilines is 1. The summed E-state index contributed by atoms with van der Waals surface area (Å²) in [5.74, 6) is 0.358. The van der Waals surface area contributed by atoms with E-state index in [4.69, 9.17) is 16.3 Å². The minimum Gasteiger partial charge on any atom is -0.487 e. The van der Waals surface area contributed by atoms with E-state index >= 15 is 0 Å². The van der Waals surface area contributed by atoms with Crippen molar-refractivity contribution in [2.75, 3.05) is 5.32 Å². The van der Waals surface area contributed by atoms with Crippen molar-refractivity contribution in [2.45, 2.75) is 6.61 Å². The SMILES string of the molecule is O=C(/C=C/c1c(Cl)nc2sccn12)Nc1cccc(OCc2cn3ccccc3n2)c1. The molecule has 1 amide bonds. The van der Waals surface area contributed by atoms with Gasteiger partial charge in [-0.05, 0) is 30.3 Å². The largest absolute Gasteiger partial charge is 0.487 e. The molecule has 1 aromatic carbocycles. The topological polar surface area (TPSA) is 72.9 Å². The van der Waals surface area contributed by atoms with Gasteiger partial charge in [0, 0.05) is 41.8 Å². The summed E-state index contributed by atoms with van der Waals surface area (Å²) in [5, 5.41) is 5.10. The van der Waals surface area contributed by atoms with E-state index in [1.807, 2.05) is 63.1 Å². The van der Waals surface area contributed by atoms with Gasteiger partial charge in [-0.25, -0.2) is 9.97 Å². The first-order valence-corrected chi connectivity index (χ1v) is 10.7. The van der Waals surface area contributed by atoms with E-state index in [0.717, 1.165) is 16.3 Å². The number of thiazole rings is 1. The molecule has 31 heavy (non-hydrogen) atoms. The van der Waals surface area contributed by atoms with Crippen molar-refractivity contribution in [2.24, 2.45) is 0 Å². The summed E-state index contributed by atoms with van der Waals surface area (Å²) in [5.41, 5.74) is 2.98. The van der Waals surface area contributed by atoms with Crippen LogP contribution in [0.5, 0.6) is 5.75 Å². The average molecular weight is 450 g/mol. The monoisotopic (exact) mass is 449 g/mol. The zero-order valence-electron chi connectivity index (χ0n) is 16.1. The number of halogens is 1. The molecule has 0 saturated heterocycles. The number of aromatic nitrogens is 4. The van der Waals surface area contributed by atoms with Gasteiger partial charge in [0.2, 0.25) is 5.91 Å². The molecule has 0 fully saturated rings. The molecule has 4 heterocycles. The van der Waals surface area contributed by atoms with Gasteiger partial charge < -0.3 is 14.5 Å². The average Bonchev–Trinajstić information content (AvgIpc) is 3.45. The Labute approximate surface area is 186 Å². The first-order chi connectivity index (χ1) is 15.2. The molecular weight excluding hydrogens is 434 g/mol. The van der Waals surface area contributed by atoms with Gasteiger partial charge in [-0.3, -0.25) is 9.20 Å². The van der Waals surface area contributed by atoms with Gasteiger partial charge in [-0.15, -0.1) is 11.3 Å². The molecule has 9 heteroatoms. The van der Waals surface area contributed by atoms with Crippen LogP contribution < -0.4 is 10.1 Å². The molecular formula is C22H16ClN5O2S. The zero-order valence-corrected chi connectivity index (χ0v) is 17.7. The molecule has 7 nitrogen and oxygen atoms in total. The Hall–Kier alpha value is -3.62. The standard InChI is InChI=1S/C22H16ClN5O2S/c23-21-18(28-10-11-31-22(28)26-21)7-8-20(29)25-15-4-3-5-17(12-15)30-14-16-13-27-9-2-1-6-19(27)24-16/h1-13H,14H2,(H,25,29)/b8-7+. The molecule has 0 atom stereocenters. The number of nitrogens with zero attached hydrogens (tertiary/aromatic N) is 4. The van der Waals surface area contributed by atoms with Gasteiger partial charge in [0.1, 0.15) is 18.0 Å². The zero-order chi connectivity index (χ0) is 21.2. The van der Waals surface area contributed by atoms with Crippen LogP contribution in [-0.2, 0) is 11.4 Å². The first-order valence-electron chi connectivity index (χ1n) is 9.41. The highest BCUT2D eigenvalue weighted by Gasteiger charge is 2.09. The van der Waals surface area contributed by atoms with Crippen molar-refractivity contribution in [1.29, 1.82) is 0 Å². The van der Waals surface area contributed by atoms with Crippen LogP contribution >= 0.6 is 22.9 Å². The van der Waals surface area contributed by atoms with Gasteiger partial charge in [0.15, 0.2) is 10.1 Å². The maximum absolute atomic E-state index is 12.4. The van der Waals surface area contributed by atoms with E-state index < -0.39 is 0 Å². The van der Waals surface area contributed by atoms with Gasteiger partial charge >= 0.3 is 0 Å². The molecule has 5 rings (SSSR count). The summed E-state index contributed by atoms with van der Waals surface area (Å²) in [4.78, 5) is 21.9. The second kappa shape index (κ2) is 8.25. The molecule has 1 N–H and O–H groups in total. The summed E-state index contributed by atoms with van der Waals surface area (Å²) in [6, 6.07) is 13.0. The van der Waals surface area contributed by atoms with Crippen LogP contribution in [0.25, 0.3) is 16.7 Å². The molecule has 0 aliphatic heterocycles. The van der Waals surface area contributed by atoms with Crippen molar-refractivity contribution in [3.63, 3.8) is 0 Å². The molecule has 5 aromatic rings. The minimum absolute atomic E-state index is 0.279. The number of pyridine rings is 1. The first kappa shape index (κ1) is 19.3. The van der Waals surface area contributed by atoms with Crippen LogP contribution in [0.15, 0.2) is 72.5 Å². The summed E-state index contributed by atoms with van der Waals surface area (Å²) in [7, 11) is 0. The highest BCUT2D eigenvalue weighted by Crippen LogP contribution is 2.23. The summed E-state index contributed by atoms with van der Waals surface area (Å²) >= 11 is 7.63. The number of carbonyl (C=O) groups is 1. The van der Waals surface area contributed by atoms with E-state index in [0.29, 0.717) is 28.9 Å². The second-order valence-corrected chi connectivity index (χ2v) is 7.91. The van der Waals surface area contributed by atoms with E-state index in [-0.39, 0.29) is 5.91 Å². The predicted octanol–water partition coefficient (Wildman–Crippen LogP) is 4.93. The quantitative estimate of drug-likeness (QED) is 0.373. The van der Waals surface area contributed by atoms with Crippen molar-refractivity contribution < 1.29 is 9.53 Å². The number of amides is 1. The van der Waals surface area contributed by atoms with E-state index in [9.17, 15) is 4.79 Å². The lowest BCUT2D eigenvalue weighted by Crippen LogP contribution is -2.08. The van der Waals surface area contributed by atoms with Crippen molar-refractivity contribution in [1.82, 2.24) is 18.8 Å². The predicted molar refractivity (Wildman–Crippen MR) is 122 cm³/mol. The molecule has 0 spiro atoms. The molecule has 0 unspecified atom stereocenters. The normalized spacial score (nSPS) is 11.5. The lowest BCUT2D eigenvalue weighted by molar-refractivity contribution is -0.111. The third-order valence-electron chi connectivity index (χ3n) is 4.55. The Morgan fingerprint density at radius 1 is 1.19 bits per heavy atom. The fourth-order valence-electron chi connectivity index (χ4n) is 3.14. The number of carbonyl (C=O) groups excluding carboxylic acids is 1. The Balaban J connectivity index is 1.24. The number of ether oxygens (including phenoxy) is 1. The third-order valence-corrected chi connectivity index (χ3v) is 5.58. The van der Waals surface area contributed by atoms with Crippen LogP contribution in [0.2, 0.25) is 5.15 Å². The number of rotatable bonds is 6. The number of fused-ring (bicyclic) bond motifs is 2. The molecule has 0 radical (unpaired) electrons. The van der Waals surface area contributed by atoms with E-state index in [2.05, 4.69) is 15.3 Å². The molecule has 0 bridgehead atoms.